The molecule has 0 aliphatic carbocycles. The Hall–Kier alpha value is -1.59. The summed E-state index contributed by atoms with van der Waals surface area (Å²) < 4.78 is 5.11. The normalized spacial score (nSPS) is 12.2. The number of hydrogen-bond donors (Lipinski definition) is 2. The lowest BCUT2D eigenvalue weighted by Crippen LogP contribution is -2.36. The summed E-state index contributed by atoms with van der Waals surface area (Å²) in [5.41, 5.74) is 0.454. The number of carboxylic acids is 1. The molecule has 1 aromatic carbocycles. The molecule has 0 aromatic heterocycles. The fraction of sp³-hybridized carbons (Fsp3) is 0.385. The van der Waals surface area contributed by atoms with Crippen LogP contribution in [-0.4, -0.2) is 29.7 Å². The maximum Gasteiger partial charge on any atom is 0.330 e. The number of aliphatic carboxylic acids is 1. The fourth-order valence-corrected chi connectivity index (χ4v) is 1.51. The second-order valence-corrected chi connectivity index (χ2v) is 4.69. The molecule has 0 saturated carbocycles. The number of carboxylic acid groups (broad SMARTS) is 1. The van der Waals surface area contributed by atoms with Crippen LogP contribution in [0.25, 0.3) is 0 Å². The van der Waals surface area contributed by atoms with Crippen molar-refractivity contribution in [2.45, 2.75) is 26.0 Å². The molecular weight excluding hydrogens is 270 g/mol. The molecule has 0 fully saturated rings. The van der Waals surface area contributed by atoms with Gasteiger partial charge in [-0.25, -0.2) is 4.79 Å². The van der Waals surface area contributed by atoms with Crippen molar-refractivity contribution in [2.24, 2.45) is 0 Å². The second kappa shape index (κ2) is 7.11. The quantitative estimate of drug-likeness (QED) is 0.838. The standard InChI is InChI=1S/C13H16ClNO4/c1-8(2)19-7-11(16)15-12(13(17)18)9-3-5-10(14)6-4-9/h3-6,8,12H,7H2,1-2H3,(H,15,16)(H,17,18). The highest BCUT2D eigenvalue weighted by Gasteiger charge is 2.22. The largest absolute Gasteiger partial charge is 0.479 e. The maximum atomic E-state index is 11.6. The number of rotatable bonds is 6. The van der Waals surface area contributed by atoms with Gasteiger partial charge >= 0.3 is 5.97 Å². The number of ether oxygens (including phenoxy) is 1. The van der Waals surface area contributed by atoms with E-state index in [1.165, 1.54) is 0 Å². The third-order valence-electron chi connectivity index (χ3n) is 2.30. The first-order valence-electron chi connectivity index (χ1n) is 5.79. The fourth-order valence-electron chi connectivity index (χ4n) is 1.39. The Morgan fingerprint density at radius 1 is 1.32 bits per heavy atom. The van der Waals surface area contributed by atoms with Gasteiger partial charge in [-0.3, -0.25) is 4.79 Å². The van der Waals surface area contributed by atoms with Crippen LogP contribution in [-0.2, 0) is 14.3 Å². The lowest BCUT2D eigenvalue weighted by molar-refractivity contribution is -0.143. The predicted molar refractivity (Wildman–Crippen MR) is 71.1 cm³/mol. The first-order chi connectivity index (χ1) is 8.90. The summed E-state index contributed by atoms with van der Waals surface area (Å²) in [6.07, 6.45) is -0.0930. The lowest BCUT2D eigenvalue weighted by atomic mass is 10.1. The maximum absolute atomic E-state index is 11.6. The molecule has 0 saturated heterocycles. The highest BCUT2D eigenvalue weighted by Crippen LogP contribution is 2.16. The van der Waals surface area contributed by atoms with Crippen LogP contribution >= 0.6 is 11.6 Å². The van der Waals surface area contributed by atoms with Gasteiger partial charge in [0.2, 0.25) is 5.91 Å². The molecule has 0 bridgehead atoms. The van der Waals surface area contributed by atoms with Crippen LogP contribution in [0.3, 0.4) is 0 Å². The average Bonchev–Trinajstić information content (AvgIpc) is 2.34. The Bertz CT molecular complexity index is 444. The van der Waals surface area contributed by atoms with Crippen LogP contribution in [0.15, 0.2) is 24.3 Å². The van der Waals surface area contributed by atoms with Crippen LogP contribution in [0.1, 0.15) is 25.5 Å². The van der Waals surface area contributed by atoms with Crippen LogP contribution in [0.4, 0.5) is 0 Å². The Labute approximate surface area is 116 Å². The highest BCUT2D eigenvalue weighted by atomic mass is 35.5. The van der Waals surface area contributed by atoms with Gasteiger partial charge in [0, 0.05) is 5.02 Å². The lowest BCUT2D eigenvalue weighted by Gasteiger charge is -2.15. The van der Waals surface area contributed by atoms with E-state index in [0.29, 0.717) is 10.6 Å². The molecule has 6 heteroatoms. The Kier molecular flexibility index (Phi) is 5.79. The van der Waals surface area contributed by atoms with Gasteiger partial charge in [-0.2, -0.15) is 0 Å². The van der Waals surface area contributed by atoms with Gasteiger partial charge in [0.25, 0.3) is 0 Å². The third-order valence-corrected chi connectivity index (χ3v) is 2.56. The van der Waals surface area contributed by atoms with E-state index < -0.39 is 17.9 Å². The molecule has 0 heterocycles. The van der Waals surface area contributed by atoms with E-state index in [9.17, 15) is 9.59 Å². The molecular formula is C13H16ClNO4. The first-order valence-corrected chi connectivity index (χ1v) is 6.17. The Balaban J connectivity index is 2.71. The van der Waals surface area contributed by atoms with Crippen LogP contribution in [0, 0.1) is 0 Å². The molecule has 1 unspecified atom stereocenters. The Morgan fingerprint density at radius 3 is 2.37 bits per heavy atom. The van der Waals surface area contributed by atoms with Crippen molar-refractivity contribution in [1.29, 1.82) is 0 Å². The molecule has 0 radical (unpaired) electrons. The molecule has 104 valence electrons. The SMILES string of the molecule is CC(C)OCC(=O)NC(C(=O)O)c1ccc(Cl)cc1. The zero-order chi connectivity index (χ0) is 14.4. The van der Waals surface area contributed by atoms with E-state index in [-0.39, 0.29) is 12.7 Å². The summed E-state index contributed by atoms with van der Waals surface area (Å²) in [7, 11) is 0. The molecule has 1 atom stereocenters. The minimum atomic E-state index is -1.14. The number of amides is 1. The summed E-state index contributed by atoms with van der Waals surface area (Å²) in [5, 5.41) is 12.0. The van der Waals surface area contributed by atoms with Gasteiger partial charge in [-0.15, -0.1) is 0 Å². The van der Waals surface area contributed by atoms with Gasteiger partial charge in [0.1, 0.15) is 6.61 Å². The first kappa shape index (κ1) is 15.5. The molecule has 0 spiro atoms. The molecule has 0 aliphatic heterocycles. The molecule has 1 rings (SSSR count). The van der Waals surface area contributed by atoms with E-state index in [4.69, 9.17) is 21.4 Å². The van der Waals surface area contributed by atoms with Crippen molar-refractivity contribution >= 4 is 23.5 Å². The van der Waals surface area contributed by atoms with Gasteiger partial charge in [0.05, 0.1) is 6.10 Å². The molecule has 1 amide bonds. The smallest absolute Gasteiger partial charge is 0.330 e. The minimum Gasteiger partial charge on any atom is -0.479 e. The zero-order valence-corrected chi connectivity index (χ0v) is 11.5. The number of carbonyl (C=O) groups is 2. The van der Waals surface area contributed by atoms with Crippen LogP contribution in [0.5, 0.6) is 0 Å². The summed E-state index contributed by atoms with van der Waals surface area (Å²) in [4.78, 5) is 22.7. The number of benzene rings is 1. The molecule has 19 heavy (non-hydrogen) atoms. The van der Waals surface area contributed by atoms with Crippen molar-refractivity contribution in [2.75, 3.05) is 6.61 Å². The third kappa shape index (κ3) is 5.28. The van der Waals surface area contributed by atoms with Crippen LogP contribution < -0.4 is 5.32 Å². The summed E-state index contributed by atoms with van der Waals surface area (Å²) in [5.74, 6) is -1.61. The zero-order valence-electron chi connectivity index (χ0n) is 10.7. The monoisotopic (exact) mass is 285 g/mol. The van der Waals surface area contributed by atoms with Gasteiger partial charge in [0.15, 0.2) is 6.04 Å². The van der Waals surface area contributed by atoms with Gasteiger partial charge < -0.3 is 15.2 Å². The predicted octanol–water partition coefficient (Wildman–Crippen LogP) is 2.01. The van der Waals surface area contributed by atoms with Crippen molar-refractivity contribution < 1.29 is 19.4 Å². The summed E-state index contributed by atoms with van der Waals surface area (Å²) >= 11 is 5.73. The number of halogens is 1. The van der Waals surface area contributed by atoms with E-state index >= 15 is 0 Å². The van der Waals surface area contributed by atoms with Crippen molar-refractivity contribution in [1.82, 2.24) is 5.32 Å². The van der Waals surface area contributed by atoms with E-state index in [1.54, 1.807) is 38.1 Å². The van der Waals surface area contributed by atoms with Crippen molar-refractivity contribution in [3.05, 3.63) is 34.9 Å². The minimum absolute atomic E-state index is 0.0930. The topological polar surface area (TPSA) is 75.6 Å². The van der Waals surface area contributed by atoms with E-state index in [0.717, 1.165) is 0 Å². The highest BCUT2D eigenvalue weighted by molar-refractivity contribution is 6.30. The van der Waals surface area contributed by atoms with E-state index in [1.807, 2.05) is 0 Å². The molecule has 5 nitrogen and oxygen atoms in total. The second-order valence-electron chi connectivity index (χ2n) is 4.25. The number of nitrogens with one attached hydrogen (secondary N) is 1. The van der Waals surface area contributed by atoms with E-state index in [2.05, 4.69) is 5.32 Å². The summed E-state index contributed by atoms with van der Waals surface area (Å²) in [6.45, 7) is 3.41. The van der Waals surface area contributed by atoms with Crippen molar-refractivity contribution in [3.8, 4) is 0 Å². The molecule has 0 aliphatic rings. The Morgan fingerprint density at radius 2 is 1.89 bits per heavy atom. The van der Waals surface area contributed by atoms with Gasteiger partial charge in [-0.1, -0.05) is 23.7 Å². The molecule has 2 N–H and O–H groups in total. The van der Waals surface area contributed by atoms with Crippen LogP contribution in [0.2, 0.25) is 5.02 Å². The number of carbonyl (C=O) groups excluding carboxylic acids is 1. The average molecular weight is 286 g/mol. The summed E-state index contributed by atoms with van der Waals surface area (Å²) in [6, 6.07) is 5.16. The van der Waals surface area contributed by atoms with Gasteiger partial charge in [-0.05, 0) is 31.5 Å². The number of hydrogen-bond acceptors (Lipinski definition) is 3. The van der Waals surface area contributed by atoms with Crippen molar-refractivity contribution in [3.63, 3.8) is 0 Å². The molecule has 1 aromatic rings.